The lowest BCUT2D eigenvalue weighted by Gasteiger charge is -2.29. The molecule has 0 aliphatic heterocycles. The Morgan fingerprint density at radius 3 is 2.75 bits per heavy atom. The molecule has 0 radical (unpaired) electrons. The summed E-state index contributed by atoms with van der Waals surface area (Å²) in [4.78, 5) is 18.0. The van der Waals surface area contributed by atoms with E-state index in [9.17, 15) is 4.79 Å². The zero-order chi connectivity index (χ0) is 12.3. The summed E-state index contributed by atoms with van der Waals surface area (Å²) >= 11 is 2.01. The lowest BCUT2D eigenvalue weighted by molar-refractivity contribution is 0.269. The van der Waals surface area contributed by atoms with Crippen molar-refractivity contribution >= 4 is 28.4 Å². The van der Waals surface area contributed by atoms with Crippen molar-refractivity contribution in [3.05, 3.63) is 20.3 Å². The second-order valence-electron chi connectivity index (χ2n) is 4.89. The third-order valence-electron chi connectivity index (χ3n) is 3.07. The van der Waals surface area contributed by atoms with Crippen LogP contribution in [-0.2, 0) is 0 Å². The molecule has 1 heterocycles. The summed E-state index contributed by atoms with van der Waals surface area (Å²) in [6.45, 7) is 9.59. The van der Waals surface area contributed by atoms with Crippen molar-refractivity contribution < 1.29 is 0 Å². The molecular weight excluding hydrogens is 317 g/mol. The van der Waals surface area contributed by atoms with Gasteiger partial charge in [-0.05, 0) is 33.9 Å². The van der Waals surface area contributed by atoms with Gasteiger partial charge in [0, 0.05) is 6.54 Å². The SMILES string of the molecule is CC(C)C(C)(C)CNc1nc[nH]c(=O)c1I. The first-order valence-corrected chi connectivity index (χ1v) is 6.39. The number of anilines is 1. The summed E-state index contributed by atoms with van der Waals surface area (Å²) in [7, 11) is 0. The standard InChI is InChI=1S/C11H18IN3O/c1-7(2)11(3,4)5-13-9-8(12)10(16)15-6-14-9/h6-7H,5H2,1-4H3,(H2,13,14,15,16). The predicted octanol–water partition coefficient (Wildman–Crippen LogP) is 2.47. The van der Waals surface area contributed by atoms with Crippen LogP contribution in [0.15, 0.2) is 11.1 Å². The second kappa shape index (κ2) is 5.16. The van der Waals surface area contributed by atoms with Crippen molar-refractivity contribution in [1.82, 2.24) is 9.97 Å². The highest BCUT2D eigenvalue weighted by Gasteiger charge is 2.22. The van der Waals surface area contributed by atoms with E-state index in [2.05, 4.69) is 43.0 Å². The molecule has 1 aromatic heterocycles. The summed E-state index contributed by atoms with van der Waals surface area (Å²) in [6, 6.07) is 0. The van der Waals surface area contributed by atoms with Gasteiger partial charge in [0.2, 0.25) is 0 Å². The molecule has 16 heavy (non-hydrogen) atoms. The predicted molar refractivity (Wildman–Crippen MR) is 74.7 cm³/mol. The normalized spacial score (nSPS) is 11.9. The van der Waals surface area contributed by atoms with Crippen molar-refractivity contribution in [1.29, 1.82) is 0 Å². The van der Waals surface area contributed by atoms with Crippen LogP contribution in [0, 0.1) is 14.9 Å². The van der Waals surface area contributed by atoms with Crippen molar-refractivity contribution in [2.75, 3.05) is 11.9 Å². The lowest BCUT2D eigenvalue weighted by Crippen LogP contribution is -2.29. The molecular formula is C11H18IN3O. The minimum absolute atomic E-state index is 0.0968. The molecule has 0 spiro atoms. The second-order valence-corrected chi connectivity index (χ2v) is 5.97. The summed E-state index contributed by atoms with van der Waals surface area (Å²) in [5.41, 5.74) is 0.0772. The maximum absolute atomic E-state index is 11.4. The van der Waals surface area contributed by atoms with Crippen LogP contribution in [0.25, 0.3) is 0 Å². The smallest absolute Gasteiger partial charge is 0.266 e. The van der Waals surface area contributed by atoms with Gasteiger partial charge < -0.3 is 10.3 Å². The number of nitrogens with one attached hydrogen (secondary N) is 2. The molecule has 0 bridgehead atoms. The number of rotatable bonds is 4. The fourth-order valence-corrected chi connectivity index (χ4v) is 1.51. The van der Waals surface area contributed by atoms with E-state index >= 15 is 0 Å². The molecule has 0 atom stereocenters. The van der Waals surface area contributed by atoms with Crippen LogP contribution in [0.1, 0.15) is 27.7 Å². The number of nitrogens with zero attached hydrogens (tertiary/aromatic N) is 1. The van der Waals surface area contributed by atoms with Crippen LogP contribution >= 0.6 is 22.6 Å². The van der Waals surface area contributed by atoms with E-state index in [0.29, 0.717) is 15.3 Å². The minimum Gasteiger partial charge on any atom is -0.368 e. The van der Waals surface area contributed by atoms with Gasteiger partial charge in [-0.1, -0.05) is 27.7 Å². The van der Waals surface area contributed by atoms with Gasteiger partial charge in [-0.25, -0.2) is 4.98 Å². The maximum atomic E-state index is 11.4. The van der Waals surface area contributed by atoms with Gasteiger partial charge in [0.05, 0.1) is 6.33 Å². The first-order valence-electron chi connectivity index (χ1n) is 5.31. The number of halogens is 1. The monoisotopic (exact) mass is 335 g/mol. The van der Waals surface area contributed by atoms with Gasteiger partial charge in [-0.2, -0.15) is 0 Å². The molecule has 0 amide bonds. The number of H-pyrrole nitrogens is 1. The minimum atomic E-state index is -0.0968. The van der Waals surface area contributed by atoms with E-state index in [1.165, 1.54) is 6.33 Å². The molecule has 0 unspecified atom stereocenters. The van der Waals surface area contributed by atoms with Gasteiger partial charge in [-0.15, -0.1) is 0 Å². The number of hydrogen-bond donors (Lipinski definition) is 2. The van der Waals surface area contributed by atoms with Gasteiger partial charge in [0.25, 0.3) is 5.56 Å². The first-order chi connectivity index (χ1) is 7.34. The van der Waals surface area contributed by atoms with Crippen LogP contribution in [0.4, 0.5) is 5.82 Å². The molecule has 0 saturated heterocycles. The number of hydrogen-bond acceptors (Lipinski definition) is 3. The van der Waals surface area contributed by atoms with Crippen molar-refractivity contribution in [3.63, 3.8) is 0 Å². The fraction of sp³-hybridized carbons (Fsp3) is 0.636. The van der Waals surface area contributed by atoms with E-state index < -0.39 is 0 Å². The molecule has 2 N–H and O–H groups in total. The third-order valence-corrected chi connectivity index (χ3v) is 4.07. The number of aromatic nitrogens is 2. The molecule has 90 valence electrons. The summed E-state index contributed by atoms with van der Waals surface area (Å²) in [5, 5.41) is 3.24. The van der Waals surface area contributed by atoms with Crippen LogP contribution in [0.2, 0.25) is 0 Å². The zero-order valence-corrected chi connectivity index (χ0v) is 12.3. The molecule has 0 aromatic carbocycles. The average Bonchev–Trinajstić information content (AvgIpc) is 2.20. The van der Waals surface area contributed by atoms with E-state index in [1.807, 2.05) is 22.6 Å². The molecule has 5 heteroatoms. The van der Waals surface area contributed by atoms with E-state index in [0.717, 1.165) is 6.54 Å². The Bertz CT molecular complexity index is 412. The molecule has 0 saturated carbocycles. The fourth-order valence-electron chi connectivity index (χ4n) is 1.02. The third kappa shape index (κ3) is 3.20. The van der Waals surface area contributed by atoms with Crippen molar-refractivity contribution in [2.24, 2.45) is 11.3 Å². The van der Waals surface area contributed by atoms with Crippen LogP contribution in [0.3, 0.4) is 0 Å². The lowest BCUT2D eigenvalue weighted by atomic mass is 9.81. The Morgan fingerprint density at radius 2 is 2.19 bits per heavy atom. The molecule has 0 fully saturated rings. The molecule has 1 aromatic rings. The summed E-state index contributed by atoms with van der Waals surface area (Å²) in [5.74, 6) is 1.23. The Morgan fingerprint density at radius 1 is 1.56 bits per heavy atom. The van der Waals surface area contributed by atoms with Gasteiger partial charge in [0.1, 0.15) is 9.39 Å². The van der Waals surface area contributed by atoms with Gasteiger partial charge in [0.15, 0.2) is 0 Å². The Kier molecular flexibility index (Phi) is 4.35. The van der Waals surface area contributed by atoms with Gasteiger partial charge in [-0.3, -0.25) is 4.79 Å². The highest BCUT2D eigenvalue weighted by Crippen LogP contribution is 2.26. The van der Waals surface area contributed by atoms with Crippen molar-refractivity contribution in [3.8, 4) is 0 Å². The summed E-state index contributed by atoms with van der Waals surface area (Å²) < 4.78 is 0.611. The van der Waals surface area contributed by atoms with Gasteiger partial charge >= 0.3 is 0 Å². The largest absolute Gasteiger partial charge is 0.368 e. The zero-order valence-electron chi connectivity index (χ0n) is 10.1. The quantitative estimate of drug-likeness (QED) is 0.831. The molecule has 4 nitrogen and oxygen atoms in total. The molecule has 0 aliphatic rings. The topological polar surface area (TPSA) is 57.8 Å². The molecule has 0 aliphatic carbocycles. The van der Waals surface area contributed by atoms with Crippen LogP contribution < -0.4 is 10.9 Å². The molecule has 1 rings (SSSR count). The maximum Gasteiger partial charge on any atom is 0.266 e. The Hall–Kier alpha value is -0.590. The van der Waals surface area contributed by atoms with Crippen molar-refractivity contribution in [2.45, 2.75) is 27.7 Å². The number of aromatic amines is 1. The van der Waals surface area contributed by atoms with E-state index in [4.69, 9.17) is 0 Å². The van der Waals surface area contributed by atoms with Crippen LogP contribution in [0.5, 0.6) is 0 Å². The Labute approximate surface area is 109 Å². The summed E-state index contributed by atoms with van der Waals surface area (Å²) in [6.07, 6.45) is 1.43. The first kappa shape index (κ1) is 13.5. The van der Waals surface area contributed by atoms with E-state index in [1.54, 1.807) is 0 Å². The van der Waals surface area contributed by atoms with Crippen LogP contribution in [-0.4, -0.2) is 16.5 Å². The highest BCUT2D eigenvalue weighted by molar-refractivity contribution is 14.1. The highest BCUT2D eigenvalue weighted by atomic mass is 127. The average molecular weight is 335 g/mol. The van der Waals surface area contributed by atoms with E-state index in [-0.39, 0.29) is 11.0 Å². The Balaban J connectivity index is 2.76.